The van der Waals surface area contributed by atoms with Crippen molar-refractivity contribution in [2.45, 2.75) is 19.9 Å². The van der Waals surface area contributed by atoms with Gasteiger partial charge in [-0.2, -0.15) is 0 Å². The second-order valence-corrected chi connectivity index (χ2v) is 5.19. The molecule has 0 unspecified atom stereocenters. The highest BCUT2D eigenvalue weighted by Gasteiger charge is 2.02. The predicted molar refractivity (Wildman–Crippen MR) is 89.1 cm³/mol. The number of nitrogens with one attached hydrogen (secondary N) is 2. The molecule has 0 fully saturated rings. The van der Waals surface area contributed by atoms with Gasteiger partial charge in [-0.15, -0.1) is 0 Å². The lowest BCUT2D eigenvalue weighted by Gasteiger charge is -2.07. The van der Waals surface area contributed by atoms with Gasteiger partial charge in [-0.1, -0.05) is 29.8 Å². The average molecular weight is 298 g/mol. The Morgan fingerprint density at radius 2 is 1.73 bits per heavy atom. The SMILES string of the molecule is COc1ccc(CNCCC(=O)Nc2ccc(C)cc2)cc1. The summed E-state index contributed by atoms with van der Waals surface area (Å²) in [7, 11) is 1.65. The molecule has 4 heteroatoms. The minimum atomic E-state index is 0.0195. The largest absolute Gasteiger partial charge is 0.497 e. The van der Waals surface area contributed by atoms with E-state index in [2.05, 4.69) is 10.6 Å². The third kappa shape index (κ3) is 5.22. The zero-order valence-corrected chi connectivity index (χ0v) is 13.1. The minimum Gasteiger partial charge on any atom is -0.497 e. The highest BCUT2D eigenvalue weighted by Crippen LogP contribution is 2.11. The van der Waals surface area contributed by atoms with E-state index in [1.165, 1.54) is 11.1 Å². The Hall–Kier alpha value is -2.33. The van der Waals surface area contributed by atoms with E-state index in [0.717, 1.165) is 18.0 Å². The van der Waals surface area contributed by atoms with Crippen molar-refractivity contribution in [3.63, 3.8) is 0 Å². The van der Waals surface area contributed by atoms with Crippen LogP contribution in [0.3, 0.4) is 0 Å². The van der Waals surface area contributed by atoms with Gasteiger partial charge in [0.15, 0.2) is 0 Å². The summed E-state index contributed by atoms with van der Waals surface area (Å²) in [6, 6.07) is 15.7. The highest BCUT2D eigenvalue weighted by molar-refractivity contribution is 5.90. The molecule has 0 spiro atoms. The molecule has 0 aromatic heterocycles. The number of benzene rings is 2. The molecule has 2 aromatic rings. The van der Waals surface area contributed by atoms with Crippen LogP contribution in [0.25, 0.3) is 0 Å². The summed E-state index contributed by atoms with van der Waals surface area (Å²) < 4.78 is 5.12. The third-order valence-electron chi connectivity index (χ3n) is 3.35. The quantitative estimate of drug-likeness (QED) is 0.772. The first-order valence-corrected chi connectivity index (χ1v) is 7.37. The maximum absolute atomic E-state index is 11.8. The summed E-state index contributed by atoms with van der Waals surface area (Å²) in [5.41, 5.74) is 3.18. The van der Waals surface area contributed by atoms with Crippen molar-refractivity contribution in [2.24, 2.45) is 0 Å². The van der Waals surface area contributed by atoms with E-state index in [9.17, 15) is 4.79 Å². The zero-order chi connectivity index (χ0) is 15.8. The fourth-order valence-electron chi connectivity index (χ4n) is 2.04. The number of carbonyl (C=O) groups is 1. The molecule has 0 aliphatic rings. The summed E-state index contributed by atoms with van der Waals surface area (Å²) in [5.74, 6) is 0.868. The number of rotatable bonds is 7. The van der Waals surface area contributed by atoms with Crippen molar-refractivity contribution in [1.29, 1.82) is 0 Å². The van der Waals surface area contributed by atoms with Gasteiger partial charge in [0.1, 0.15) is 5.75 Å². The topological polar surface area (TPSA) is 50.4 Å². The van der Waals surface area contributed by atoms with Crippen LogP contribution >= 0.6 is 0 Å². The molecule has 116 valence electrons. The van der Waals surface area contributed by atoms with Gasteiger partial charge in [0, 0.05) is 25.2 Å². The van der Waals surface area contributed by atoms with Crippen LogP contribution in [0.5, 0.6) is 5.75 Å². The number of ether oxygens (including phenoxy) is 1. The van der Waals surface area contributed by atoms with E-state index in [0.29, 0.717) is 13.0 Å². The number of aryl methyl sites for hydroxylation is 1. The fraction of sp³-hybridized carbons (Fsp3) is 0.278. The lowest BCUT2D eigenvalue weighted by Crippen LogP contribution is -2.21. The second kappa shape index (κ2) is 8.20. The van der Waals surface area contributed by atoms with E-state index in [4.69, 9.17) is 4.74 Å². The number of hydrogen-bond acceptors (Lipinski definition) is 3. The van der Waals surface area contributed by atoms with E-state index >= 15 is 0 Å². The maximum Gasteiger partial charge on any atom is 0.225 e. The molecule has 0 saturated heterocycles. The minimum absolute atomic E-state index is 0.0195. The van der Waals surface area contributed by atoms with E-state index in [-0.39, 0.29) is 5.91 Å². The summed E-state index contributed by atoms with van der Waals surface area (Å²) in [6.07, 6.45) is 0.448. The Labute approximate surface area is 131 Å². The maximum atomic E-state index is 11.8. The summed E-state index contributed by atoms with van der Waals surface area (Å²) in [4.78, 5) is 11.8. The molecule has 2 rings (SSSR count). The first kappa shape index (κ1) is 16.0. The first-order valence-electron chi connectivity index (χ1n) is 7.37. The van der Waals surface area contributed by atoms with Crippen LogP contribution in [0.15, 0.2) is 48.5 Å². The van der Waals surface area contributed by atoms with Gasteiger partial charge < -0.3 is 15.4 Å². The number of hydrogen-bond donors (Lipinski definition) is 2. The van der Waals surface area contributed by atoms with Crippen LogP contribution in [0.2, 0.25) is 0 Å². The third-order valence-corrected chi connectivity index (χ3v) is 3.35. The molecule has 22 heavy (non-hydrogen) atoms. The number of methoxy groups -OCH3 is 1. The molecule has 2 aromatic carbocycles. The van der Waals surface area contributed by atoms with Crippen LogP contribution in [0.4, 0.5) is 5.69 Å². The number of amides is 1. The van der Waals surface area contributed by atoms with Crippen LogP contribution in [0.1, 0.15) is 17.5 Å². The van der Waals surface area contributed by atoms with Crippen LogP contribution in [-0.4, -0.2) is 19.6 Å². The molecular formula is C18H22N2O2. The molecule has 0 radical (unpaired) electrons. The Morgan fingerprint density at radius 3 is 2.36 bits per heavy atom. The van der Waals surface area contributed by atoms with Crippen molar-refractivity contribution in [3.05, 3.63) is 59.7 Å². The second-order valence-electron chi connectivity index (χ2n) is 5.19. The lowest BCUT2D eigenvalue weighted by molar-refractivity contribution is -0.116. The first-order chi connectivity index (χ1) is 10.7. The van der Waals surface area contributed by atoms with Gasteiger partial charge >= 0.3 is 0 Å². The Bertz CT molecular complexity index is 591. The predicted octanol–water partition coefficient (Wildman–Crippen LogP) is 3.12. The number of carbonyl (C=O) groups excluding carboxylic acids is 1. The Morgan fingerprint density at radius 1 is 1.05 bits per heavy atom. The highest BCUT2D eigenvalue weighted by atomic mass is 16.5. The monoisotopic (exact) mass is 298 g/mol. The van der Waals surface area contributed by atoms with Crippen molar-refractivity contribution < 1.29 is 9.53 Å². The zero-order valence-electron chi connectivity index (χ0n) is 13.1. The van der Waals surface area contributed by atoms with Crippen molar-refractivity contribution in [3.8, 4) is 5.75 Å². The summed E-state index contributed by atoms with van der Waals surface area (Å²) in [5, 5.41) is 6.15. The molecule has 0 aliphatic heterocycles. The lowest BCUT2D eigenvalue weighted by atomic mass is 10.2. The van der Waals surface area contributed by atoms with Crippen molar-refractivity contribution in [1.82, 2.24) is 5.32 Å². The normalized spacial score (nSPS) is 10.3. The molecule has 4 nitrogen and oxygen atoms in total. The smallest absolute Gasteiger partial charge is 0.225 e. The van der Waals surface area contributed by atoms with E-state index in [1.54, 1.807) is 7.11 Å². The van der Waals surface area contributed by atoms with E-state index < -0.39 is 0 Å². The van der Waals surface area contributed by atoms with Crippen molar-refractivity contribution >= 4 is 11.6 Å². The summed E-state index contributed by atoms with van der Waals surface area (Å²) >= 11 is 0. The van der Waals surface area contributed by atoms with Crippen LogP contribution in [0, 0.1) is 6.92 Å². The molecule has 2 N–H and O–H groups in total. The van der Waals surface area contributed by atoms with Gasteiger partial charge in [0.2, 0.25) is 5.91 Å². The molecule has 0 bridgehead atoms. The standard InChI is InChI=1S/C18H22N2O2/c1-14-3-7-16(8-4-14)20-18(21)11-12-19-13-15-5-9-17(22-2)10-6-15/h3-10,19H,11-13H2,1-2H3,(H,20,21). The summed E-state index contributed by atoms with van der Waals surface area (Å²) in [6.45, 7) is 3.40. The average Bonchev–Trinajstić information content (AvgIpc) is 2.54. The molecule has 0 atom stereocenters. The van der Waals surface area contributed by atoms with E-state index in [1.807, 2.05) is 55.5 Å². The van der Waals surface area contributed by atoms with Gasteiger partial charge in [-0.25, -0.2) is 0 Å². The fourth-order valence-corrected chi connectivity index (χ4v) is 2.04. The van der Waals surface area contributed by atoms with Crippen molar-refractivity contribution in [2.75, 3.05) is 19.0 Å². The molecule has 1 amide bonds. The Kier molecular flexibility index (Phi) is 5.98. The molecule has 0 saturated carbocycles. The Balaban J connectivity index is 1.67. The van der Waals surface area contributed by atoms with Gasteiger partial charge in [-0.3, -0.25) is 4.79 Å². The van der Waals surface area contributed by atoms with Gasteiger partial charge in [0.25, 0.3) is 0 Å². The van der Waals surface area contributed by atoms with Gasteiger partial charge in [0.05, 0.1) is 7.11 Å². The number of anilines is 1. The van der Waals surface area contributed by atoms with Gasteiger partial charge in [-0.05, 0) is 36.8 Å². The molecule has 0 aliphatic carbocycles. The molecule has 0 heterocycles. The molecular weight excluding hydrogens is 276 g/mol. The van der Waals surface area contributed by atoms with Crippen LogP contribution < -0.4 is 15.4 Å². The van der Waals surface area contributed by atoms with Crippen LogP contribution in [-0.2, 0) is 11.3 Å².